The van der Waals surface area contributed by atoms with Gasteiger partial charge in [-0.25, -0.2) is 9.97 Å². The number of anilines is 1. The number of nitrogens with zero attached hydrogens (tertiary/aromatic N) is 5. The molecule has 0 spiro atoms. The fraction of sp³-hybridized carbons (Fsp3) is 0.545. The first-order valence-corrected chi connectivity index (χ1v) is 10.4. The van der Waals surface area contributed by atoms with Gasteiger partial charge in [0.25, 0.3) is 0 Å². The Morgan fingerprint density at radius 3 is 2.37 bits per heavy atom. The molecule has 1 saturated heterocycles. The third-order valence-electron chi connectivity index (χ3n) is 5.76. The van der Waals surface area contributed by atoms with Gasteiger partial charge in [-0.3, -0.25) is 9.80 Å². The number of ether oxygens (including phenoxy) is 1. The number of rotatable bonds is 6. The lowest BCUT2D eigenvalue weighted by atomic mass is 10.1. The van der Waals surface area contributed by atoms with E-state index in [-0.39, 0.29) is 24.8 Å². The van der Waals surface area contributed by atoms with E-state index in [4.69, 9.17) is 14.7 Å². The maximum atomic E-state index is 5.25. The highest BCUT2D eigenvalue weighted by Gasteiger charge is 2.22. The molecule has 2 aliphatic rings. The summed E-state index contributed by atoms with van der Waals surface area (Å²) >= 11 is 0. The van der Waals surface area contributed by atoms with Crippen LogP contribution < -0.4 is 9.64 Å². The minimum Gasteiger partial charge on any atom is -0.497 e. The van der Waals surface area contributed by atoms with Gasteiger partial charge in [0.2, 0.25) is 5.95 Å². The topological polar surface area (TPSA) is 44.7 Å². The molecule has 6 nitrogen and oxygen atoms in total. The number of aromatic nitrogens is 2. The molecule has 0 amide bonds. The summed E-state index contributed by atoms with van der Waals surface area (Å²) in [6, 6.07) is 8.35. The summed E-state index contributed by atoms with van der Waals surface area (Å²) in [6.07, 6.45) is 4.27. The van der Waals surface area contributed by atoms with Crippen LogP contribution in [0.3, 0.4) is 0 Å². The van der Waals surface area contributed by atoms with Crippen molar-refractivity contribution in [3.63, 3.8) is 0 Å². The summed E-state index contributed by atoms with van der Waals surface area (Å²) in [4.78, 5) is 17.0. The van der Waals surface area contributed by atoms with Crippen LogP contribution in [-0.4, -0.2) is 66.1 Å². The minimum atomic E-state index is 0. The van der Waals surface area contributed by atoms with Crippen molar-refractivity contribution in [1.82, 2.24) is 19.8 Å². The zero-order chi connectivity index (χ0) is 19.3. The van der Waals surface area contributed by atoms with E-state index in [0.717, 1.165) is 63.9 Å². The highest BCUT2D eigenvalue weighted by Crippen LogP contribution is 2.22. The van der Waals surface area contributed by atoms with Crippen LogP contribution in [0.25, 0.3) is 0 Å². The summed E-state index contributed by atoms with van der Waals surface area (Å²) in [5.74, 6) is 1.82. The molecule has 1 aromatic carbocycles. The lowest BCUT2D eigenvalue weighted by Crippen LogP contribution is -2.47. The predicted molar refractivity (Wildman–Crippen MR) is 126 cm³/mol. The molecule has 2 aromatic rings. The van der Waals surface area contributed by atoms with Crippen molar-refractivity contribution < 1.29 is 4.74 Å². The quantitative estimate of drug-likeness (QED) is 0.667. The fourth-order valence-electron chi connectivity index (χ4n) is 4.13. The zero-order valence-electron chi connectivity index (χ0n) is 17.9. The number of hydrogen-bond donors (Lipinski definition) is 0. The molecule has 0 unspecified atom stereocenters. The number of fused-ring (bicyclic) bond motifs is 1. The maximum absolute atomic E-state index is 5.25. The first-order chi connectivity index (χ1) is 13.7. The van der Waals surface area contributed by atoms with Crippen molar-refractivity contribution in [3.05, 3.63) is 47.3 Å². The fourth-order valence-corrected chi connectivity index (χ4v) is 4.13. The Bertz CT molecular complexity index is 782. The Hall–Kier alpha value is -1.60. The smallest absolute Gasteiger partial charge is 0.225 e. The minimum absolute atomic E-state index is 0. The summed E-state index contributed by atoms with van der Waals surface area (Å²) in [7, 11) is 1.70. The van der Waals surface area contributed by atoms with E-state index in [1.807, 2.05) is 12.1 Å². The molecular weight excluding hydrogens is 421 g/mol. The van der Waals surface area contributed by atoms with Crippen molar-refractivity contribution in [2.24, 2.45) is 0 Å². The van der Waals surface area contributed by atoms with E-state index in [9.17, 15) is 0 Å². The van der Waals surface area contributed by atoms with Crippen molar-refractivity contribution >= 4 is 30.8 Å². The third kappa shape index (κ3) is 5.97. The van der Waals surface area contributed by atoms with Gasteiger partial charge in [0.15, 0.2) is 0 Å². The Labute approximate surface area is 192 Å². The lowest BCUT2D eigenvalue weighted by Gasteiger charge is -2.35. The number of piperazine rings is 1. The molecule has 0 atom stereocenters. The first-order valence-electron chi connectivity index (χ1n) is 10.4. The van der Waals surface area contributed by atoms with Crippen LogP contribution in [0.1, 0.15) is 30.2 Å². The average molecular weight is 454 g/mol. The van der Waals surface area contributed by atoms with Crippen LogP contribution in [0, 0.1) is 0 Å². The van der Waals surface area contributed by atoms with Gasteiger partial charge >= 0.3 is 0 Å². The Kier molecular flexibility index (Phi) is 9.62. The van der Waals surface area contributed by atoms with Gasteiger partial charge in [-0.05, 0) is 30.7 Å². The first kappa shape index (κ1) is 24.7. The van der Waals surface area contributed by atoms with E-state index in [1.165, 1.54) is 29.8 Å². The maximum Gasteiger partial charge on any atom is 0.225 e. The monoisotopic (exact) mass is 453 g/mol. The van der Waals surface area contributed by atoms with Gasteiger partial charge in [-0.2, -0.15) is 0 Å². The van der Waals surface area contributed by atoms with E-state index in [0.29, 0.717) is 0 Å². The largest absolute Gasteiger partial charge is 0.497 e. The molecule has 4 rings (SSSR count). The molecule has 3 heterocycles. The van der Waals surface area contributed by atoms with E-state index >= 15 is 0 Å². The molecule has 1 aromatic heterocycles. The third-order valence-corrected chi connectivity index (χ3v) is 5.76. The van der Waals surface area contributed by atoms with E-state index in [1.54, 1.807) is 7.11 Å². The van der Waals surface area contributed by atoms with Gasteiger partial charge < -0.3 is 9.64 Å². The van der Waals surface area contributed by atoms with Crippen LogP contribution in [0.2, 0.25) is 0 Å². The second kappa shape index (κ2) is 11.7. The molecule has 0 radical (unpaired) electrons. The molecular formula is C22H33Cl2N5O. The molecule has 0 N–H and O–H groups in total. The second-order valence-corrected chi connectivity index (χ2v) is 7.78. The van der Waals surface area contributed by atoms with Crippen LogP contribution in [0.15, 0.2) is 30.5 Å². The van der Waals surface area contributed by atoms with Crippen LogP contribution in [0.5, 0.6) is 5.75 Å². The van der Waals surface area contributed by atoms with Gasteiger partial charge in [0.05, 0.1) is 12.8 Å². The zero-order valence-corrected chi connectivity index (χ0v) is 19.6. The van der Waals surface area contributed by atoms with Crippen molar-refractivity contribution in [2.45, 2.75) is 32.9 Å². The molecule has 0 bridgehead atoms. The second-order valence-electron chi connectivity index (χ2n) is 7.78. The molecule has 2 aliphatic heterocycles. The van der Waals surface area contributed by atoms with E-state index < -0.39 is 0 Å². The van der Waals surface area contributed by atoms with Gasteiger partial charge in [0, 0.05) is 64.0 Å². The summed E-state index contributed by atoms with van der Waals surface area (Å²) in [5, 5.41) is 0. The predicted octanol–water partition coefficient (Wildman–Crippen LogP) is 3.42. The molecule has 0 saturated carbocycles. The highest BCUT2D eigenvalue weighted by atomic mass is 35.5. The molecule has 1 fully saturated rings. The molecule has 30 heavy (non-hydrogen) atoms. The van der Waals surface area contributed by atoms with Gasteiger partial charge in [0.1, 0.15) is 5.75 Å². The number of benzene rings is 1. The normalized spacial score (nSPS) is 16.9. The van der Waals surface area contributed by atoms with Crippen LogP contribution in [0.4, 0.5) is 5.95 Å². The summed E-state index contributed by atoms with van der Waals surface area (Å²) in [5.41, 5.74) is 3.81. The van der Waals surface area contributed by atoms with Crippen molar-refractivity contribution in [1.29, 1.82) is 0 Å². The Morgan fingerprint density at radius 2 is 1.70 bits per heavy atom. The highest BCUT2D eigenvalue weighted by molar-refractivity contribution is 5.85. The number of halogens is 2. The van der Waals surface area contributed by atoms with Crippen molar-refractivity contribution in [2.75, 3.05) is 51.3 Å². The number of hydrogen-bond acceptors (Lipinski definition) is 6. The number of methoxy groups -OCH3 is 1. The van der Waals surface area contributed by atoms with E-state index in [2.05, 4.69) is 40.0 Å². The molecule has 166 valence electrons. The van der Waals surface area contributed by atoms with Gasteiger partial charge in [-0.15, -0.1) is 24.8 Å². The lowest BCUT2D eigenvalue weighted by molar-refractivity contribution is 0.242. The summed E-state index contributed by atoms with van der Waals surface area (Å²) in [6.45, 7) is 10.6. The molecule has 8 heteroatoms. The Morgan fingerprint density at radius 1 is 0.967 bits per heavy atom. The van der Waals surface area contributed by atoms with Crippen molar-refractivity contribution in [3.8, 4) is 5.75 Å². The average Bonchev–Trinajstić information content (AvgIpc) is 2.75. The molecule has 0 aliphatic carbocycles. The summed E-state index contributed by atoms with van der Waals surface area (Å²) < 4.78 is 5.25. The standard InChI is InChI=1S/C22H31N5O.2ClH/c1-3-9-25-11-13-27(14-12-25)22-23-15-19-17-26(10-8-21(19)24-22)16-18-4-6-20(28-2)7-5-18;;/h4-7,15H,3,8-14,16-17H2,1-2H3;2*1H. The Balaban J connectivity index is 0.00000160. The van der Waals surface area contributed by atoms with Crippen LogP contribution in [-0.2, 0) is 19.5 Å². The van der Waals surface area contributed by atoms with Crippen LogP contribution >= 0.6 is 24.8 Å². The van der Waals surface area contributed by atoms with Gasteiger partial charge in [-0.1, -0.05) is 19.1 Å². The SMILES string of the molecule is CCCN1CCN(c2ncc3c(n2)CCN(Cc2ccc(OC)cc2)C3)CC1.Cl.Cl.